The van der Waals surface area contributed by atoms with Crippen molar-refractivity contribution in [3.8, 4) is 28.3 Å². The van der Waals surface area contributed by atoms with Crippen molar-refractivity contribution in [3.05, 3.63) is 163 Å². The van der Waals surface area contributed by atoms with E-state index in [0.717, 1.165) is 89.8 Å². The Bertz CT molecular complexity index is 3410. The summed E-state index contributed by atoms with van der Waals surface area (Å²) in [5, 5.41) is 6.70. The van der Waals surface area contributed by atoms with E-state index in [1.54, 1.807) is 0 Å². The number of aryl methyl sites for hydroxylation is 1. The van der Waals surface area contributed by atoms with Crippen LogP contribution in [-0.2, 0) is 26.5 Å². The molecule has 0 saturated heterocycles. The molecule has 6 aromatic carbocycles. The fraction of sp³-hybridized carbons (Fsp3) is 0.151. The van der Waals surface area contributed by atoms with Crippen molar-refractivity contribution >= 4 is 83.5 Å². The Kier molecular flexibility index (Phi) is 10.8. The molecule has 0 spiro atoms. The Hall–Kier alpha value is -5.86. The summed E-state index contributed by atoms with van der Waals surface area (Å²) in [6.07, 6.45) is 3.19. The number of hydrogen-bond donors (Lipinski definition) is 0. The van der Waals surface area contributed by atoms with Gasteiger partial charge in [0.1, 0.15) is 5.58 Å². The van der Waals surface area contributed by atoms with E-state index in [1.165, 1.54) is 20.7 Å². The molecule has 0 amide bonds. The molecule has 5 heterocycles. The predicted octanol–water partition coefficient (Wildman–Crippen LogP) is 13.4. The van der Waals surface area contributed by atoms with Crippen molar-refractivity contribution in [2.75, 3.05) is 0 Å². The molecule has 1 radical (unpaired) electrons. The number of rotatable bonds is 6. The SMILES string of the molecule is Cc1ccc2c(n1)oc1c(-c3cc(CC(C)C)[c]([Ge]([CH3])([CH3])[CH3])cn3)[c-]ccc12.[Ir].[c-]1ccc2c(oc3ccccc32)c1-c1nc2ccccc2n1-c1ccc2ccccc2c1. The predicted molar refractivity (Wildman–Crippen MR) is 250 cm³/mol. The number of aromatic nitrogens is 4. The van der Waals surface area contributed by atoms with Gasteiger partial charge in [-0.1, -0.05) is 71.6 Å². The van der Waals surface area contributed by atoms with Crippen LogP contribution in [0.2, 0.25) is 17.3 Å². The molecule has 0 aliphatic rings. The number of furan rings is 2. The van der Waals surface area contributed by atoms with Gasteiger partial charge in [-0.25, -0.2) is 0 Å². The minimum Gasteiger partial charge on any atom is -0.501 e. The molecule has 11 aromatic rings. The molecule has 61 heavy (non-hydrogen) atoms. The minimum atomic E-state index is -1.99. The zero-order valence-corrected chi connectivity index (χ0v) is 39.5. The first-order chi connectivity index (χ1) is 29.1. The number of imidazole rings is 1. The Morgan fingerprint density at radius 1 is 0.672 bits per heavy atom. The maximum atomic E-state index is 6.31. The average Bonchev–Trinajstić information content (AvgIpc) is 3.94. The number of pyridine rings is 2. The fourth-order valence-corrected chi connectivity index (χ4v) is 11.8. The number of para-hydroxylation sites is 3. The van der Waals surface area contributed by atoms with Crippen molar-refractivity contribution in [2.45, 2.75) is 44.5 Å². The molecule has 0 N–H and O–H groups in total. The van der Waals surface area contributed by atoms with E-state index in [1.807, 2.05) is 49.4 Å². The molecule has 0 fully saturated rings. The van der Waals surface area contributed by atoms with E-state index in [9.17, 15) is 0 Å². The fourth-order valence-electron chi connectivity index (χ4n) is 8.45. The number of benzene rings is 6. The van der Waals surface area contributed by atoms with Crippen LogP contribution in [-0.4, -0.2) is 32.8 Å². The molecule has 0 bridgehead atoms. The molecule has 0 unspecified atom stereocenters. The summed E-state index contributed by atoms with van der Waals surface area (Å²) in [6, 6.07) is 52.5. The van der Waals surface area contributed by atoms with Crippen molar-refractivity contribution in [1.82, 2.24) is 19.5 Å². The van der Waals surface area contributed by atoms with Crippen LogP contribution in [0.5, 0.6) is 0 Å². The Balaban J connectivity index is 0.000000155. The van der Waals surface area contributed by atoms with Gasteiger partial charge in [0.05, 0.1) is 22.4 Å². The standard InChI is InChI=1S/C29H17N2O.C24H27GeN2O.Ir/c1-2-9-20-18-21(17-16-19(20)8-1)31-26-14-5-4-13-25(26)30-29(31)24-12-7-11-23-22-10-3-6-15-27(22)32-28(23)24;1-15(2)12-17-13-22(26-14-21(17)25(4,5)6)20-9-7-8-18-19-11-10-16(3)27-24(19)28-23(18)20;/h1-11,13-18H;7-8,10-11,13-15H,12H2,1-6H3;/q2*-1;. The van der Waals surface area contributed by atoms with Gasteiger partial charge >= 0.3 is 170 Å². The second kappa shape index (κ2) is 16.2. The van der Waals surface area contributed by atoms with Crippen LogP contribution in [0, 0.1) is 25.0 Å². The monoisotopic (exact) mass is 1040 g/mol. The molecular formula is C53H44GeIrN4O2-2. The molecule has 0 aliphatic carbocycles. The molecule has 11 rings (SSSR count). The van der Waals surface area contributed by atoms with Gasteiger partial charge in [0, 0.05) is 31.2 Å². The molecule has 8 heteroatoms. The van der Waals surface area contributed by atoms with Gasteiger partial charge in [-0.15, -0.1) is 18.2 Å². The summed E-state index contributed by atoms with van der Waals surface area (Å²) in [7, 11) is 0. The normalized spacial score (nSPS) is 11.9. The maximum Gasteiger partial charge on any atom is 0.120 e. The van der Waals surface area contributed by atoms with E-state index < -0.39 is 13.3 Å². The summed E-state index contributed by atoms with van der Waals surface area (Å²) < 4.78 is 16.2. The molecular weight excluding hydrogens is 989 g/mol. The van der Waals surface area contributed by atoms with Crippen molar-refractivity contribution in [3.63, 3.8) is 0 Å². The van der Waals surface area contributed by atoms with E-state index in [-0.39, 0.29) is 20.1 Å². The minimum absolute atomic E-state index is 0. The number of nitrogens with zero attached hydrogens (tertiary/aromatic N) is 4. The van der Waals surface area contributed by atoms with Gasteiger partial charge in [0.2, 0.25) is 0 Å². The van der Waals surface area contributed by atoms with Crippen LogP contribution in [0.3, 0.4) is 0 Å². The molecule has 5 aromatic heterocycles. The first kappa shape index (κ1) is 40.5. The van der Waals surface area contributed by atoms with E-state index >= 15 is 0 Å². The van der Waals surface area contributed by atoms with Crippen LogP contribution in [0.15, 0.2) is 148 Å². The summed E-state index contributed by atoms with van der Waals surface area (Å²) in [5.41, 5.74) is 11.4. The van der Waals surface area contributed by atoms with Gasteiger partial charge in [0.25, 0.3) is 0 Å². The third-order valence-electron chi connectivity index (χ3n) is 11.2. The van der Waals surface area contributed by atoms with Gasteiger partial charge < -0.3 is 8.98 Å². The molecule has 0 saturated carbocycles. The van der Waals surface area contributed by atoms with E-state index in [4.69, 9.17) is 18.8 Å². The smallest absolute Gasteiger partial charge is 0.120 e. The Morgan fingerprint density at radius 3 is 2.18 bits per heavy atom. The zero-order chi connectivity index (χ0) is 41.1. The molecule has 303 valence electrons. The maximum absolute atomic E-state index is 6.31. The summed E-state index contributed by atoms with van der Waals surface area (Å²) in [4.78, 5) is 14.4. The second-order valence-corrected chi connectivity index (χ2v) is 27.6. The van der Waals surface area contributed by atoms with Crippen molar-refractivity contribution < 1.29 is 28.9 Å². The summed E-state index contributed by atoms with van der Waals surface area (Å²) in [6.45, 7) is 6.54. The van der Waals surface area contributed by atoms with E-state index in [2.05, 4.69) is 150 Å². The van der Waals surface area contributed by atoms with Gasteiger partial charge in [-0.2, -0.15) is 0 Å². The van der Waals surface area contributed by atoms with Crippen LogP contribution in [0.4, 0.5) is 0 Å². The van der Waals surface area contributed by atoms with Crippen molar-refractivity contribution in [1.29, 1.82) is 0 Å². The largest absolute Gasteiger partial charge is 0.501 e. The summed E-state index contributed by atoms with van der Waals surface area (Å²) >= 11 is -1.99. The number of fused-ring (bicyclic) bond motifs is 8. The molecule has 0 aliphatic heterocycles. The average molecular weight is 1030 g/mol. The zero-order valence-electron chi connectivity index (χ0n) is 35.0. The third-order valence-corrected chi connectivity index (χ3v) is 15.6. The van der Waals surface area contributed by atoms with Gasteiger partial charge in [0.15, 0.2) is 0 Å². The van der Waals surface area contributed by atoms with Gasteiger partial charge in [-0.05, 0) is 41.1 Å². The van der Waals surface area contributed by atoms with Crippen molar-refractivity contribution in [2.24, 2.45) is 5.92 Å². The van der Waals surface area contributed by atoms with Crippen LogP contribution < -0.4 is 4.40 Å². The van der Waals surface area contributed by atoms with Gasteiger partial charge in [-0.3, -0.25) is 4.98 Å². The summed E-state index contributed by atoms with van der Waals surface area (Å²) in [5.74, 6) is 8.73. The van der Waals surface area contributed by atoms with Crippen LogP contribution in [0.25, 0.3) is 94.1 Å². The molecule has 6 nitrogen and oxygen atoms in total. The first-order valence-corrected chi connectivity index (χ1v) is 27.9. The Morgan fingerprint density at radius 2 is 1.38 bits per heavy atom. The first-order valence-electron chi connectivity index (χ1n) is 20.6. The van der Waals surface area contributed by atoms with Crippen LogP contribution in [0.1, 0.15) is 25.1 Å². The second-order valence-electron chi connectivity index (χ2n) is 17.1. The topological polar surface area (TPSA) is 69.9 Å². The third kappa shape index (κ3) is 7.50. The van der Waals surface area contributed by atoms with Crippen LogP contribution >= 0.6 is 0 Å². The quantitative estimate of drug-likeness (QED) is 0.123. The van der Waals surface area contributed by atoms with E-state index in [0.29, 0.717) is 11.6 Å². The Labute approximate surface area is 371 Å². The molecule has 0 atom stereocenters. The number of hydrogen-bond acceptors (Lipinski definition) is 5.